The van der Waals surface area contributed by atoms with Crippen LogP contribution in [0.5, 0.6) is 0 Å². The first-order chi connectivity index (χ1) is 31.8. The number of hydrogen-bond acceptors (Lipinski definition) is 20. The highest BCUT2D eigenvalue weighted by Gasteiger charge is 2.50. The number of fused-ring (bicyclic) bond motifs is 1. The molecule has 0 bridgehead atoms. The van der Waals surface area contributed by atoms with Crippen LogP contribution < -0.4 is 16.4 Å². The molecule has 3 heterocycles. The van der Waals surface area contributed by atoms with Crippen LogP contribution in [0.25, 0.3) is 11.2 Å². The number of aliphatic carboxylic acids is 1. The Morgan fingerprint density at radius 3 is 2.13 bits per heavy atom. The maximum Gasteiger partial charge on any atom is 0.481 e. The van der Waals surface area contributed by atoms with Crippen molar-refractivity contribution < 1.29 is 95.5 Å². The summed E-state index contributed by atoms with van der Waals surface area (Å²) in [7, 11) is -16.5. The molecule has 8 atom stereocenters. The van der Waals surface area contributed by atoms with E-state index in [0.717, 1.165) is 86.8 Å². The number of phosphoric acid groups is 3. The third kappa shape index (κ3) is 21.5. The standard InChI is InChI=1S/C37H64N7O20P3S/c1-37(2,32(51)35(52)40-16-15-26(46)39-17-18-68-28(49)19-24(45)13-11-9-7-5-3-4-6-8-10-12-14-27(47)48)21-61-67(58,59)64-66(56,57)60-20-25-31(63-65(53,54)55)30(50)36(62-25)44-23-43-29-33(38)41-22-42-34(29)44/h22-25,30-32,36,45,50-51H,3-21H2,1-2H3,(H,39,46)(H,40,52)(H,47,48)(H,56,57)(H,58,59)(H2,38,41,42)(H2,53,54,55)/t24?,25-,30-,31-,32?,36-/m1/s1. The van der Waals surface area contributed by atoms with Crippen LogP contribution in [-0.4, -0.2) is 145 Å². The molecule has 0 saturated carbocycles. The molecule has 388 valence electrons. The van der Waals surface area contributed by atoms with Crippen molar-refractivity contribution in [1.29, 1.82) is 0 Å². The summed E-state index contributed by atoms with van der Waals surface area (Å²) < 4.78 is 62.3. The number of carboxylic acid groups (broad SMARTS) is 1. The number of aliphatic hydroxyl groups is 3. The van der Waals surface area contributed by atoms with E-state index >= 15 is 0 Å². The number of unbranched alkanes of at least 4 members (excludes halogenated alkanes) is 9. The fourth-order valence-corrected chi connectivity index (χ4v) is 10.3. The largest absolute Gasteiger partial charge is 0.481 e. The number of nitrogen functional groups attached to an aromatic ring is 1. The van der Waals surface area contributed by atoms with Gasteiger partial charge in [0.25, 0.3) is 0 Å². The van der Waals surface area contributed by atoms with Crippen LogP contribution in [-0.2, 0) is 55.5 Å². The van der Waals surface area contributed by atoms with Crippen LogP contribution in [0.4, 0.5) is 5.82 Å². The van der Waals surface area contributed by atoms with E-state index in [1.165, 1.54) is 13.8 Å². The molecule has 3 rings (SSSR count). The normalized spacial score (nSPS) is 20.4. The second-order valence-electron chi connectivity index (χ2n) is 16.6. The number of ether oxygens (including phenoxy) is 1. The number of aliphatic hydroxyl groups excluding tert-OH is 3. The van der Waals surface area contributed by atoms with E-state index in [4.69, 9.17) is 24.6 Å². The van der Waals surface area contributed by atoms with Crippen molar-refractivity contribution in [3.05, 3.63) is 12.7 Å². The van der Waals surface area contributed by atoms with Crippen molar-refractivity contribution in [2.24, 2.45) is 5.41 Å². The summed E-state index contributed by atoms with van der Waals surface area (Å²) in [5, 5.41) is 45.1. The Morgan fingerprint density at radius 2 is 1.50 bits per heavy atom. The van der Waals surface area contributed by atoms with Crippen LogP contribution >= 0.6 is 35.2 Å². The predicted octanol–water partition coefficient (Wildman–Crippen LogP) is 2.18. The monoisotopic (exact) mass is 1050 g/mol. The number of amides is 2. The van der Waals surface area contributed by atoms with Gasteiger partial charge < -0.3 is 61.1 Å². The zero-order valence-corrected chi connectivity index (χ0v) is 41.1. The lowest BCUT2D eigenvalue weighted by Crippen LogP contribution is -2.46. The minimum atomic E-state index is -5.60. The van der Waals surface area contributed by atoms with Gasteiger partial charge in [-0.3, -0.25) is 37.3 Å². The van der Waals surface area contributed by atoms with Gasteiger partial charge in [-0.25, -0.2) is 28.6 Å². The zero-order chi connectivity index (χ0) is 50.7. The van der Waals surface area contributed by atoms with Crippen LogP contribution in [0.2, 0.25) is 0 Å². The third-order valence-electron chi connectivity index (χ3n) is 10.3. The molecule has 0 aliphatic carbocycles. The molecule has 1 aliphatic heterocycles. The summed E-state index contributed by atoms with van der Waals surface area (Å²) >= 11 is 0.971. The minimum absolute atomic E-state index is 0.0115. The average Bonchev–Trinajstić information content (AvgIpc) is 3.80. The van der Waals surface area contributed by atoms with E-state index in [1.54, 1.807) is 0 Å². The maximum atomic E-state index is 12.7. The molecule has 1 saturated heterocycles. The number of thioether (sulfide) groups is 1. The minimum Gasteiger partial charge on any atom is -0.481 e. The number of carbonyl (C=O) groups is 4. The number of carboxylic acids is 1. The topological polar surface area (TPSA) is 421 Å². The Morgan fingerprint density at radius 1 is 0.882 bits per heavy atom. The summed E-state index contributed by atoms with van der Waals surface area (Å²) in [6.45, 7) is 0.323. The van der Waals surface area contributed by atoms with Gasteiger partial charge in [0.2, 0.25) is 11.8 Å². The number of nitrogens with zero attached hydrogens (tertiary/aromatic N) is 4. The van der Waals surface area contributed by atoms with E-state index in [1.807, 2.05) is 0 Å². The van der Waals surface area contributed by atoms with E-state index in [0.29, 0.717) is 12.8 Å². The molecule has 1 fully saturated rings. The van der Waals surface area contributed by atoms with Gasteiger partial charge in [0, 0.05) is 43.5 Å². The summed E-state index contributed by atoms with van der Waals surface area (Å²) in [6, 6.07) is 0. The first-order valence-electron chi connectivity index (χ1n) is 21.8. The Kier molecular flexibility index (Phi) is 24.5. The molecule has 2 aromatic rings. The van der Waals surface area contributed by atoms with Gasteiger partial charge in [0.15, 0.2) is 22.8 Å². The number of rotatable bonds is 34. The lowest BCUT2D eigenvalue weighted by Gasteiger charge is -2.30. The number of hydrogen-bond donors (Lipinski definition) is 11. The molecule has 31 heteroatoms. The zero-order valence-electron chi connectivity index (χ0n) is 37.6. The fraction of sp³-hybridized carbons (Fsp3) is 0.757. The van der Waals surface area contributed by atoms with Crippen molar-refractivity contribution >= 4 is 75.1 Å². The Balaban J connectivity index is 1.31. The molecule has 2 amide bonds. The van der Waals surface area contributed by atoms with Crippen LogP contribution in [0, 0.1) is 5.41 Å². The summed E-state index contributed by atoms with van der Waals surface area (Å²) in [6.07, 6.45) is 2.82. The highest BCUT2D eigenvalue weighted by molar-refractivity contribution is 8.13. The number of anilines is 1. The highest BCUT2D eigenvalue weighted by atomic mass is 32.2. The Bertz CT molecular complexity index is 2100. The molecule has 0 aromatic carbocycles. The number of aromatic nitrogens is 4. The van der Waals surface area contributed by atoms with E-state index in [2.05, 4.69) is 34.4 Å². The van der Waals surface area contributed by atoms with Gasteiger partial charge in [0.1, 0.15) is 36.3 Å². The molecule has 0 spiro atoms. The van der Waals surface area contributed by atoms with Crippen molar-refractivity contribution in [1.82, 2.24) is 30.2 Å². The Hall–Kier alpha value is -3.01. The second-order valence-corrected chi connectivity index (χ2v) is 22.0. The van der Waals surface area contributed by atoms with Gasteiger partial charge >= 0.3 is 29.4 Å². The van der Waals surface area contributed by atoms with E-state index in [9.17, 15) is 67.8 Å². The molecule has 12 N–H and O–H groups in total. The number of phosphoric ester groups is 3. The van der Waals surface area contributed by atoms with Crippen molar-refractivity contribution in [2.75, 3.05) is 37.8 Å². The van der Waals surface area contributed by atoms with Crippen molar-refractivity contribution in [2.45, 2.75) is 140 Å². The highest BCUT2D eigenvalue weighted by Crippen LogP contribution is 2.61. The number of nitrogens with two attached hydrogens (primary N) is 1. The lowest BCUT2D eigenvalue weighted by molar-refractivity contribution is -0.137. The van der Waals surface area contributed by atoms with Crippen molar-refractivity contribution in [3.63, 3.8) is 0 Å². The van der Waals surface area contributed by atoms with Gasteiger partial charge in [-0.05, 0) is 12.8 Å². The summed E-state index contributed by atoms with van der Waals surface area (Å²) in [5.74, 6) is -2.04. The quantitative estimate of drug-likeness (QED) is 0.0353. The van der Waals surface area contributed by atoms with E-state index in [-0.39, 0.29) is 60.2 Å². The third-order valence-corrected chi connectivity index (χ3v) is 14.3. The molecule has 68 heavy (non-hydrogen) atoms. The number of carbonyl (C=O) groups excluding carboxylic acids is 3. The van der Waals surface area contributed by atoms with Gasteiger partial charge in [-0.2, -0.15) is 4.31 Å². The predicted molar refractivity (Wildman–Crippen MR) is 241 cm³/mol. The molecular formula is C37H64N7O20P3S. The first kappa shape index (κ1) is 59.3. The fourth-order valence-electron chi connectivity index (χ4n) is 6.72. The molecule has 1 aliphatic rings. The SMILES string of the molecule is CC(C)(COP(=O)(O)OP(=O)(O)OC[C@H]1O[C@@H](n2cnc3c(N)ncnc32)[C@H](O)[C@@H]1OP(=O)(O)O)C(O)C(=O)NCCC(=O)NCCSC(=O)CC(O)CCCCCCCCCCCCC(=O)O. The van der Waals surface area contributed by atoms with Crippen molar-refractivity contribution in [3.8, 4) is 0 Å². The van der Waals surface area contributed by atoms with Gasteiger partial charge in [-0.15, -0.1) is 0 Å². The number of nitrogens with one attached hydrogen (secondary N) is 2. The van der Waals surface area contributed by atoms with Gasteiger partial charge in [0.05, 0.1) is 25.6 Å². The van der Waals surface area contributed by atoms with Crippen LogP contribution in [0.1, 0.15) is 110 Å². The maximum absolute atomic E-state index is 12.7. The molecule has 0 radical (unpaired) electrons. The first-order valence-corrected chi connectivity index (χ1v) is 27.3. The van der Waals surface area contributed by atoms with Crippen LogP contribution in [0.15, 0.2) is 12.7 Å². The molecule has 4 unspecified atom stereocenters. The second kappa shape index (κ2) is 28.1. The molecule has 27 nitrogen and oxygen atoms in total. The molecular weight excluding hydrogens is 987 g/mol. The smallest absolute Gasteiger partial charge is 0.481 e. The summed E-state index contributed by atoms with van der Waals surface area (Å²) in [5.41, 5.74) is 4.23. The average molecular weight is 1050 g/mol. The van der Waals surface area contributed by atoms with E-state index < -0.39 is 96.6 Å². The lowest BCUT2D eigenvalue weighted by atomic mass is 9.87. The molecule has 2 aromatic heterocycles. The number of imidazole rings is 1. The van der Waals surface area contributed by atoms with Gasteiger partial charge in [-0.1, -0.05) is 83.4 Å². The Labute approximate surface area is 396 Å². The summed E-state index contributed by atoms with van der Waals surface area (Å²) in [4.78, 5) is 98.8. The van der Waals surface area contributed by atoms with Crippen LogP contribution in [0.3, 0.4) is 0 Å².